The molecule has 0 amide bonds. The SMILES string of the molecule is Cc1cc(Br)cc(C)c1Nc1cc(F)cc(F)c1N. The molecule has 0 aliphatic heterocycles. The number of aryl methyl sites for hydroxylation is 2. The Kier molecular flexibility index (Phi) is 3.75. The number of halogens is 3. The van der Waals surface area contributed by atoms with Crippen molar-refractivity contribution in [1.29, 1.82) is 0 Å². The quantitative estimate of drug-likeness (QED) is 0.787. The maximum Gasteiger partial charge on any atom is 0.151 e. The molecule has 19 heavy (non-hydrogen) atoms. The van der Waals surface area contributed by atoms with E-state index in [9.17, 15) is 8.78 Å². The number of nitrogen functional groups attached to an aromatic ring is 1. The first-order valence-corrected chi connectivity index (χ1v) is 6.46. The van der Waals surface area contributed by atoms with E-state index in [0.717, 1.165) is 27.4 Å². The first-order chi connectivity index (χ1) is 8.88. The average Bonchev–Trinajstić information content (AvgIpc) is 2.29. The maximum absolute atomic E-state index is 13.4. The minimum atomic E-state index is -0.769. The highest BCUT2D eigenvalue weighted by Gasteiger charge is 2.11. The van der Waals surface area contributed by atoms with E-state index in [4.69, 9.17) is 5.73 Å². The number of nitrogens with two attached hydrogens (primary N) is 1. The van der Waals surface area contributed by atoms with Crippen molar-refractivity contribution in [2.75, 3.05) is 11.1 Å². The smallest absolute Gasteiger partial charge is 0.151 e. The molecule has 3 N–H and O–H groups in total. The van der Waals surface area contributed by atoms with Crippen molar-refractivity contribution >= 4 is 33.0 Å². The highest BCUT2D eigenvalue weighted by molar-refractivity contribution is 9.10. The fourth-order valence-electron chi connectivity index (χ4n) is 1.93. The van der Waals surface area contributed by atoms with Gasteiger partial charge in [0.25, 0.3) is 0 Å². The van der Waals surface area contributed by atoms with Crippen LogP contribution >= 0.6 is 15.9 Å². The number of hydrogen-bond acceptors (Lipinski definition) is 2. The van der Waals surface area contributed by atoms with Crippen LogP contribution in [0, 0.1) is 25.5 Å². The summed E-state index contributed by atoms with van der Waals surface area (Å²) in [5, 5.41) is 2.99. The second kappa shape index (κ2) is 5.17. The van der Waals surface area contributed by atoms with E-state index in [-0.39, 0.29) is 11.4 Å². The van der Waals surface area contributed by atoms with Crippen LogP contribution in [0.3, 0.4) is 0 Å². The van der Waals surface area contributed by atoms with E-state index >= 15 is 0 Å². The Hall–Kier alpha value is -1.62. The van der Waals surface area contributed by atoms with Gasteiger partial charge in [0.1, 0.15) is 5.82 Å². The zero-order valence-corrected chi connectivity index (χ0v) is 12.1. The summed E-state index contributed by atoms with van der Waals surface area (Å²) in [5.74, 6) is -1.43. The van der Waals surface area contributed by atoms with Gasteiger partial charge in [-0.05, 0) is 43.2 Å². The lowest BCUT2D eigenvalue weighted by molar-refractivity contribution is 0.587. The van der Waals surface area contributed by atoms with E-state index < -0.39 is 11.6 Å². The van der Waals surface area contributed by atoms with Crippen molar-refractivity contribution in [3.8, 4) is 0 Å². The van der Waals surface area contributed by atoms with Gasteiger partial charge in [0, 0.05) is 16.2 Å². The van der Waals surface area contributed by atoms with E-state index in [1.54, 1.807) is 0 Å². The fourth-order valence-corrected chi connectivity index (χ4v) is 2.62. The Balaban J connectivity index is 2.48. The lowest BCUT2D eigenvalue weighted by Crippen LogP contribution is -2.02. The van der Waals surface area contributed by atoms with Gasteiger partial charge in [-0.3, -0.25) is 0 Å². The van der Waals surface area contributed by atoms with E-state index in [2.05, 4.69) is 21.2 Å². The van der Waals surface area contributed by atoms with E-state index in [0.29, 0.717) is 0 Å². The predicted molar refractivity (Wildman–Crippen MR) is 77.7 cm³/mol. The molecule has 0 aromatic heterocycles. The molecule has 0 atom stereocenters. The summed E-state index contributed by atoms with van der Waals surface area (Å²) in [6.45, 7) is 3.82. The van der Waals surface area contributed by atoms with E-state index in [1.165, 1.54) is 6.07 Å². The number of benzene rings is 2. The number of rotatable bonds is 2. The molecule has 2 nitrogen and oxygen atoms in total. The van der Waals surface area contributed by atoms with Crippen molar-refractivity contribution < 1.29 is 8.78 Å². The normalized spacial score (nSPS) is 10.6. The van der Waals surface area contributed by atoms with Crippen molar-refractivity contribution in [2.45, 2.75) is 13.8 Å². The molecule has 0 radical (unpaired) electrons. The second-order valence-corrected chi connectivity index (χ2v) is 5.30. The topological polar surface area (TPSA) is 38.0 Å². The molecule has 2 aromatic carbocycles. The largest absolute Gasteiger partial charge is 0.395 e. The standard InChI is InChI=1S/C14H13BrF2N2/c1-7-3-9(15)4-8(2)14(7)19-12-6-10(16)5-11(17)13(12)18/h3-6,19H,18H2,1-2H3. The average molecular weight is 327 g/mol. The lowest BCUT2D eigenvalue weighted by atomic mass is 10.1. The molecule has 0 saturated carbocycles. The Labute approximate surface area is 118 Å². The molecule has 100 valence electrons. The van der Waals surface area contributed by atoms with Crippen LogP contribution in [0.2, 0.25) is 0 Å². The summed E-state index contributed by atoms with van der Waals surface area (Å²) in [6, 6.07) is 5.78. The molecule has 0 bridgehead atoms. The zero-order chi connectivity index (χ0) is 14.2. The zero-order valence-electron chi connectivity index (χ0n) is 10.5. The van der Waals surface area contributed by atoms with Gasteiger partial charge in [0.15, 0.2) is 5.82 Å². The number of nitrogens with one attached hydrogen (secondary N) is 1. The van der Waals surface area contributed by atoms with Crippen LogP contribution in [-0.4, -0.2) is 0 Å². The molecule has 0 unspecified atom stereocenters. The highest BCUT2D eigenvalue weighted by Crippen LogP contribution is 2.31. The van der Waals surface area contributed by atoms with Gasteiger partial charge in [-0.25, -0.2) is 8.78 Å². The second-order valence-electron chi connectivity index (χ2n) is 4.39. The van der Waals surface area contributed by atoms with Crippen molar-refractivity contribution in [2.24, 2.45) is 0 Å². The first kappa shape index (κ1) is 13.8. The van der Waals surface area contributed by atoms with Crippen molar-refractivity contribution in [3.63, 3.8) is 0 Å². The minimum Gasteiger partial charge on any atom is -0.395 e. The van der Waals surface area contributed by atoms with Gasteiger partial charge in [-0.15, -0.1) is 0 Å². The van der Waals surface area contributed by atoms with Gasteiger partial charge >= 0.3 is 0 Å². The molecular weight excluding hydrogens is 314 g/mol. The molecular formula is C14H13BrF2N2. The Bertz CT molecular complexity index is 619. The molecule has 0 aliphatic carbocycles. The molecule has 0 heterocycles. The Morgan fingerprint density at radius 1 is 1.05 bits per heavy atom. The third-order valence-electron chi connectivity index (χ3n) is 2.85. The van der Waals surface area contributed by atoms with Crippen LogP contribution in [0.1, 0.15) is 11.1 Å². The van der Waals surface area contributed by atoms with Crippen molar-refractivity contribution in [3.05, 3.63) is 51.5 Å². The van der Waals surface area contributed by atoms with Gasteiger partial charge in [0.2, 0.25) is 0 Å². The van der Waals surface area contributed by atoms with Crippen LogP contribution in [0.4, 0.5) is 25.8 Å². The third kappa shape index (κ3) is 2.87. The Morgan fingerprint density at radius 2 is 1.63 bits per heavy atom. The van der Waals surface area contributed by atoms with Crippen LogP contribution in [0.5, 0.6) is 0 Å². The highest BCUT2D eigenvalue weighted by atomic mass is 79.9. The van der Waals surface area contributed by atoms with Crippen LogP contribution < -0.4 is 11.1 Å². The summed E-state index contributed by atoms with van der Waals surface area (Å²) < 4.78 is 27.6. The van der Waals surface area contributed by atoms with E-state index in [1.807, 2.05) is 26.0 Å². The van der Waals surface area contributed by atoms with Gasteiger partial charge < -0.3 is 11.1 Å². The molecule has 0 aliphatic rings. The molecule has 5 heteroatoms. The fraction of sp³-hybridized carbons (Fsp3) is 0.143. The number of hydrogen-bond donors (Lipinski definition) is 2. The molecule has 0 saturated heterocycles. The molecule has 2 rings (SSSR count). The molecule has 2 aromatic rings. The number of anilines is 3. The van der Waals surface area contributed by atoms with Gasteiger partial charge in [-0.2, -0.15) is 0 Å². The Morgan fingerprint density at radius 3 is 2.21 bits per heavy atom. The van der Waals surface area contributed by atoms with Crippen LogP contribution in [-0.2, 0) is 0 Å². The summed E-state index contributed by atoms with van der Waals surface area (Å²) in [6.07, 6.45) is 0. The lowest BCUT2D eigenvalue weighted by Gasteiger charge is -2.15. The summed E-state index contributed by atoms with van der Waals surface area (Å²) in [5.41, 5.74) is 8.45. The first-order valence-electron chi connectivity index (χ1n) is 5.67. The maximum atomic E-state index is 13.4. The minimum absolute atomic E-state index is 0.0943. The summed E-state index contributed by atoms with van der Waals surface area (Å²) >= 11 is 3.40. The predicted octanol–water partition coefficient (Wildman–Crippen LogP) is 4.67. The van der Waals surface area contributed by atoms with Gasteiger partial charge in [0.05, 0.1) is 11.4 Å². The molecule has 0 fully saturated rings. The summed E-state index contributed by atoms with van der Waals surface area (Å²) in [4.78, 5) is 0. The van der Waals surface area contributed by atoms with Crippen LogP contribution in [0.15, 0.2) is 28.7 Å². The van der Waals surface area contributed by atoms with Crippen LogP contribution in [0.25, 0.3) is 0 Å². The third-order valence-corrected chi connectivity index (χ3v) is 3.31. The summed E-state index contributed by atoms with van der Waals surface area (Å²) in [7, 11) is 0. The van der Waals surface area contributed by atoms with Gasteiger partial charge in [-0.1, -0.05) is 15.9 Å². The van der Waals surface area contributed by atoms with Crippen molar-refractivity contribution in [1.82, 2.24) is 0 Å². The monoisotopic (exact) mass is 326 g/mol. The molecule has 0 spiro atoms.